The highest BCUT2D eigenvalue weighted by Crippen LogP contribution is 2.34. The Hall–Kier alpha value is -3.70. The van der Waals surface area contributed by atoms with Crippen molar-refractivity contribution >= 4 is 11.6 Å². The maximum atomic E-state index is 12.6. The number of benzene rings is 1. The molecule has 0 aliphatic carbocycles. The molecule has 0 bridgehead atoms. The molecule has 1 saturated heterocycles. The van der Waals surface area contributed by atoms with Crippen molar-refractivity contribution in [2.45, 2.75) is 39.7 Å². The topological polar surface area (TPSA) is 107 Å². The van der Waals surface area contributed by atoms with E-state index < -0.39 is 0 Å². The molecule has 3 heterocycles. The third-order valence-electron chi connectivity index (χ3n) is 6.06. The minimum absolute atomic E-state index is 0.212. The predicted molar refractivity (Wildman–Crippen MR) is 131 cm³/mol. The number of amides is 1. The number of carbonyl (C=O) groups is 1. The zero-order valence-corrected chi connectivity index (χ0v) is 20.1. The van der Waals surface area contributed by atoms with Crippen molar-refractivity contribution in [3.8, 4) is 17.2 Å². The van der Waals surface area contributed by atoms with Crippen LogP contribution in [0.3, 0.4) is 0 Å². The highest BCUT2D eigenvalue weighted by molar-refractivity contribution is 5.92. The van der Waals surface area contributed by atoms with Crippen molar-refractivity contribution in [3.05, 3.63) is 64.8 Å². The lowest BCUT2D eigenvalue weighted by atomic mass is 9.93. The largest absolute Gasteiger partial charge is 0.367 e. The fraction of sp³-hybridized carbons (Fsp3) is 0.385. The minimum atomic E-state index is -0.273. The van der Waals surface area contributed by atoms with Gasteiger partial charge in [0.1, 0.15) is 11.8 Å². The van der Waals surface area contributed by atoms with E-state index in [0.717, 1.165) is 54.1 Å². The first-order chi connectivity index (χ1) is 16.3. The van der Waals surface area contributed by atoms with Gasteiger partial charge in [0.25, 0.3) is 5.91 Å². The highest BCUT2D eigenvalue weighted by Gasteiger charge is 2.22. The van der Waals surface area contributed by atoms with Gasteiger partial charge in [-0.2, -0.15) is 5.26 Å². The molecule has 2 N–H and O–H groups in total. The standard InChI is InChI=1S/C26H30N6O2/c1-17-11-18(24-20(13-27)14-29-16-22(24)32-9-7-28-8-10-32)5-6-19(17)15-30-25(33)21-12-23(34-31-21)26(2,3)4/h5-6,11-12,14,16,28H,7-10,15H2,1-4H3,(H,30,33). The smallest absolute Gasteiger partial charge is 0.273 e. The first-order valence-corrected chi connectivity index (χ1v) is 11.5. The summed E-state index contributed by atoms with van der Waals surface area (Å²) in [5.41, 5.74) is 5.47. The van der Waals surface area contributed by atoms with Crippen LogP contribution in [0.1, 0.15) is 53.7 Å². The van der Waals surface area contributed by atoms with Crippen LogP contribution in [0.2, 0.25) is 0 Å². The number of nitrogens with one attached hydrogen (secondary N) is 2. The molecule has 0 unspecified atom stereocenters. The van der Waals surface area contributed by atoms with E-state index in [-0.39, 0.29) is 17.0 Å². The Kier molecular flexibility index (Phi) is 6.66. The number of hydrogen-bond acceptors (Lipinski definition) is 7. The number of aromatic nitrogens is 2. The van der Waals surface area contributed by atoms with Gasteiger partial charge in [-0.1, -0.05) is 44.1 Å². The second-order valence-electron chi connectivity index (χ2n) is 9.58. The molecule has 1 aromatic carbocycles. The summed E-state index contributed by atoms with van der Waals surface area (Å²) in [4.78, 5) is 19.2. The van der Waals surface area contributed by atoms with Crippen LogP contribution in [0.25, 0.3) is 11.1 Å². The summed E-state index contributed by atoms with van der Waals surface area (Å²) in [5, 5.41) is 19.9. The average Bonchev–Trinajstić information content (AvgIpc) is 3.34. The number of piperazine rings is 1. The van der Waals surface area contributed by atoms with E-state index in [1.807, 2.05) is 46.0 Å². The zero-order valence-electron chi connectivity index (χ0n) is 20.1. The molecule has 1 fully saturated rings. The van der Waals surface area contributed by atoms with E-state index in [4.69, 9.17) is 4.52 Å². The number of nitrogens with zero attached hydrogens (tertiary/aromatic N) is 4. The van der Waals surface area contributed by atoms with E-state index in [1.165, 1.54) is 0 Å². The van der Waals surface area contributed by atoms with Crippen LogP contribution in [-0.4, -0.2) is 42.2 Å². The van der Waals surface area contributed by atoms with Gasteiger partial charge in [0, 0.05) is 56.0 Å². The zero-order chi connectivity index (χ0) is 24.3. The van der Waals surface area contributed by atoms with Crippen molar-refractivity contribution in [2.24, 2.45) is 0 Å². The molecule has 1 aliphatic heterocycles. The quantitative estimate of drug-likeness (QED) is 0.602. The van der Waals surface area contributed by atoms with Gasteiger partial charge in [0.15, 0.2) is 5.69 Å². The van der Waals surface area contributed by atoms with Gasteiger partial charge in [-0.25, -0.2) is 0 Å². The van der Waals surface area contributed by atoms with E-state index in [0.29, 0.717) is 17.9 Å². The Morgan fingerprint density at radius 1 is 1.24 bits per heavy atom. The van der Waals surface area contributed by atoms with Gasteiger partial charge in [-0.15, -0.1) is 0 Å². The second kappa shape index (κ2) is 9.65. The van der Waals surface area contributed by atoms with Gasteiger partial charge < -0.3 is 20.1 Å². The third kappa shape index (κ3) is 4.95. The number of aryl methyl sites for hydroxylation is 1. The molecule has 176 valence electrons. The molecule has 8 nitrogen and oxygen atoms in total. The predicted octanol–water partition coefficient (Wildman–Crippen LogP) is 3.55. The number of pyridine rings is 1. The lowest BCUT2D eigenvalue weighted by Gasteiger charge is -2.31. The van der Waals surface area contributed by atoms with E-state index in [2.05, 4.69) is 37.8 Å². The van der Waals surface area contributed by atoms with Crippen LogP contribution in [0.5, 0.6) is 0 Å². The van der Waals surface area contributed by atoms with Gasteiger partial charge in [-0.05, 0) is 23.6 Å². The molecule has 1 aliphatic rings. The summed E-state index contributed by atoms with van der Waals surface area (Å²) in [6.45, 7) is 11.9. The Morgan fingerprint density at radius 3 is 2.65 bits per heavy atom. The lowest BCUT2D eigenvalue weighted by molar-refractivity contribution is 0.0941. The summed E-state index contributed by atoms with van der Waals surface area (Å²) in [5.74, 6) is 0.397. The molecule has 34 heavy (non-hydrogen) atoms. The summed E-state index contributed by atoms with van der Waals surface area (Å²) in [6.07, 6.45) is 3.46. The van der Waals surface area contributed by atoms with E-state index in [1.54, 1.807) is 12.3 Å². The maximum absolute atomic E-state index is 12.6. The second-order valence-corrected chi connectivity index (χ2v) is 9.58. The molecule has 2 aromatic heterocycles. The maximum Gasteiger partial charge on any atom is 0.273 e. The number of nitriles is 1. The lowest BCUT2D eigenvalue weighted by Crippen LogP contribution is -2.43. The Labute approximate surface area is 200 Å². The molecule has 8 heteroatoms. The Morgan fingerprint density at radius 2 is 2.00 bits per heavy atom. The fourth-order valence-electron chi connectivity index (χ4n) is 4.03. The van der Waals surface area contributed by atoms with Crippen LogP contribution in [0, 0.1) is 18.3 Å². The van der Waals surface area contributed by atoms with Gasteiger partial charge in [0.05, 0.1) is 17.4 Å². The Balaban J connectivity index is 1.54. The molecule has 0 radical (unpaired) electrons. The van der Waals surface area contributed by atoms with Crippen molar-refractivity contribution in [3.63, 3.8) is 0 Å². The molecule has 3 aromatic rings. The molecule has 4 rings (SSSR count). The van der Waals surface area contributed by atoms with Gasteiger partial charge in [-0.3, -0.25) is 9.78 Å². The number of anilines is 1. The molecule has 0 saturated carbocycles. The summed E-state index contributed by atoms with van der Waals surface area (Å²) in [7, 11) is 0. The number of rotatable bonds is 5. The molecular weight excluding hydrogens is 428 g/mol. The summed E-state index contributed by atoms with van der Waals surface area (Å²) < 4.78 is 5.32. The van der Waals surface area contributed by atoms with Crippen molar-refractivity contribution in [1.82, 2.24) is 20.8 Å². The van der Waals surface area contributed by atoms with Crippen molar-refractivity contribution in [1.29, 1.82) is 5.26 Å². The van der Waals surface area contributed by atoms with Gasteiger partial charge in [0.2, 0.25) is 0 Å². The normalized spacial score (nSPS) is 14.0. The van der Waals surface area contributed by atoms with E-state index in [9.17, 15) is 10.1 Å². The van der Waals surface area contributed by atoms with Crippen molar-refractivity contribution in [2.75, 3.05) is 31.1 Å². The number of carbonyl (C=O) groups excluding carboxylic acids is 1. The third-order valence-corrected chi connectivity index (χ3v) is 6.06. The molecule has 0 atom stereocenters. The van der Waals surface area contributed by atoms with Crippen LogP contribution in [0.4, 0.5) is 5.69 Å². The first-order valence-electron chi connectivity index (χ1n) is 11.5. The van der Waals surface area contributed by atoms with Crippen molar-refractivity contribution < 1.29 is 9.32 Å². The van der Waals surface area contributed by atoms with Gasteiger partial charge >= 0.3 is 0 Å². The van der Waals surface area contributed by atoms with Crippen LogP contribution < -0.4 is 15.5 Å². The minimum Gasteiger partial charge on any atom is -0.367 e. The SMILES string of the molecule is Cc1cc(-c2c(C#N)cncc2N2CCNCC2)ccc1CNC(=O)c1cc(C(C)(C)C)on1. The Bertz CT molecular complexity index is 1230. The fourth-order valence-corrected chi connectivity index (χ4v) is 4.03. The highest BCUT2D eigenvalue weighted by atomic mass is 16.5. The van der Waals surface area contributed by atoms with Crippen LogP contribution in [0.15, 0.2) is 41.2 Å². The van der Waals surface area contributed by atoms with Crippen LogP contribution in [-0.2, 0) is 12.0 Å². The number of hydrogen-bond donors (Lipinski definition) is 2. The van der Waals surface area contributed by atoms with Crippen LogP contribution >= 0.6 is 0 Å². The summed E-state index contributed by atoms with van der Waals surface area (Å²) >= 11 is 0. The molecule has 1 amide bonds. The first kappa shape index (κ1) is 23.5. The monoisotopic (exact) mass is 458 g/mol. The molecule has 0 spiro atoms. The molecular formula is C26H30N6O2. The summed E-state index contributed by atoms with van der Waals surface area (Å²) in [6, 6.07) is 10.1. The van der Waals surface area contributed by atoms with E-state index >= 15 is 0 Å². The average molecular weight is 459 g/mol.